The molecular weight excluding hydrogens is 380 g/mol. The lowest BCUT2D eigenvalue weighted by Crippen LogP contribution is -2.37. The summed E-state index contributed by atoms with van der Waals surface area (Å²) in [5.41, 5.74) is 2.12. The van der Waals surface area contributed by atoms with Crippen molar-refractivity contribution in [3.05, 3.63) is 88.8 Å². The van der Waals surface area contributed by atoms with Gasteiger partial charge in [-0.25, -0.2) is 9.78 Å². The van der Waals surface area contributed by atoms with Gasteiger partial charge in [0.05, 0.1) is 0 Å². The van der Waals surface area contributed by atoms with Crippen LogP contribution in [0.15, 0.2) is 72.1 Å². The summed E-state index contributed by atoms with van der Waals surface area (Å²) < 4.78 is 0. The Morgan fingerprint density at radius 2 is 1.87 bits per heavy atom. The molecule has 0 aliphatic heterocycles. The van der Waals surface area contributed by atoms with Crippen LogP contribution in [-0.2, 0) is 15.0 Å². The van der Waals surface area contributed by atoms with E-state index in [-0.39, 0.29) is 12.0 Å². The number of H-pyrrole nitrogens is 1. The maximum Gasteiger partial charge on any atom is 0.331 e. The molecule has 3 N–H and O–H groups in total. The highest BCUT2D eigenvalue weighted by molar-refractivity contribution is 5.93. The summed E-state index contributed by atoms with van der Waals surface area (Å²) in [6.45, 7) is 1.70. The molecule has 6 heteroatoms. The molecule has 1 aliphatic carbocycles. The van der Waals surface area contributed by atoms with E-state index in [1.807, 2.05) is 18.3 Å². The smallest absolute Gasteiger partial charge is 0.331 e. The van der Waals surface area contributed by atoms with Gasteiger partial charge >= 0.3 is 11.9 Å². The Labute approximate surface area is 172 Å². The quantitative estimate of drug-likeness (QED) is 0.585. The summed E-state index contributed by atoms with van der Waals surface area (Å²) in [6.07, 6.45) is 6.51. The van der Waals surface area contributed by atoms with Gasteiger partial charge in [-0.1, -0.05) is 35.6 Å². The van der Waals surface area contributed by atoms with Crippen molar-refractivity contribution in [3.63, 3.8) is 0 Å². The SMILES string of the molecule is CC1=CC(C(=O)O)(c2ccc(C#Cc3ccnc4[nH]ccc34)cc2)CC(C(=O)O)=C1. The van der Waals surface area contributed by atoms with Gasteiger partial charge in [0.15, 0.2) is 0 Å². The van der Waals surface area contributed by atoms with E-state index in [0.29, 0.717) is 11.1 Å². The second-order valence-electron chi connectivity index (χ2n) is 7.24. The van der Waals surface area contributed by atoms with Crippen molar-refractivity contribution in [3.8, 4) is 11.8 Å². The normalized spacial score (nSPS) is 18.2. The minimum atomic E-state index is -1.42. The molecule has 1 unspecified atom stereocenters. The van der Waals surface area contributed by atoms with Gasteiger partial charge in [0.1, 0.15) is 11.1 Å². The van der Waals surface area contributed by atoms with E-state index >= 15 is 0 Å². The topological polar surface area (TPSA) is 103 Å². The van der Waals surface area contributed by atoms with Crippen molar-refractivity contribution < 1.29 is 19.8 Å². The van der Waals surface area contributed by atoms with Crippen molar-refractivity contribution in [1.82, 2.24) is 9.97 Å². The zero-order valence-corrected chi connectivity index (χ0v) is 16.1. The largest absolute Gasteiger partial charge is 0.480 e. The molecule has 148 valence electrons. The van der Waals surface area contributed by atoms with Gasteiger partial charge in [-0.05, 0) is 42.8 Å². The van der Waals surface area contributed by atoms with Gasteiger partial charge in [-0.2, -0.15) is 0 Å². The zero-order valence-electron chi connectivity index (χ0n) is 16.1. The first-order chi connectivity index (χ1) is 14.4. The number of rotatable bonds is 3. The van der Waals surface area contributed by atoms with Gasteiger partial charge in [0.2, 0.25) is 0 Å². The Kier molecular flexibility index (Phi) is 4.72. The van der Waals surface area contributed by atoms with E-state index in [1.54, 1.807) is 43.5 Å². The fraction of sp³-hybridized carbons (Fsp3) is 0.125. The van der Waals surface area contributed by atoms with Gasteiger partial charge in [0, 0.05) is 40.9 Å². The highest BCUT2D eigenvalue weighted by Crippen LogP contribution is 2.38. The lowest BCUT2D eigenvalue weighted by molar-refractivity contribution is -0.142. The number of aliphatic carboxylic acids is 2. The molecule has 1 atom stereocenters. The first-order valence-corrected chi connectivity index (χ1v) is 9.30. The second-order valence-corrected chi connectivity index (χ2v) is 7.24. The van der Waals surface area contributed by atoms with Crippen LogP contribution in [0.4, 0.5) is 0 Å². The third-order valence-electron chi connectivity index (χ3n) is 5.20. The Hall–Kier alpha value is -4.11. The number of benzene rings is 1. The number of carboxylic acid groups (broad SMARTS) is 2. The summed E-state index contributed by atoms with van der Waals surface area (Å²) in [5, 5.41) is 20.3. The average Bonchev–Trinajstić information content (AvgIpc) is 3.21. The van der Waals surface area contributed by atoms with E-state index < -0.39 is 17.4 Å². The molecule has 30 heavy (non-hydrogen) atoms. The fourth-order valence-corrected chi connectivity index (χ4v) is 3.75. The molecule has 6 nitrogen and oxygen atoms in total. The fourth-order valence-electron chi connectivity index (χ4n) is 3.75. The van der Waals surface area contributed by atoms with Crippen LogP contribution in [0.2, 0.25) is 0 Å². The van der Waals surface area contributed by atoms with Crippen molar-refractivity contribution >= 4 is 23.0 Å². The molecule has 1 aromatic carbocycles. The number of aromatic nitrogens is 2. The molecule has 2 aromatic heterocycles. The highest BCUT2D eigenvalue weighted by Gasteiger charge is 2.42. The first kappa shape index (κ1) is 19.2. The monoisotopic (exact) mass is 398 g/mol. The summed E-state index contributed by atoms with van der Waals surface area (Å²) in [7, 11) is 0. The van der Waals surface area contributed by atoms with Crippen LogP contribution >= 0.6 is 0 Å². The minimum absolute atomic E-state index is 0.0782. The standard InChI is InChI=1S/C24H18N2O4/c1-15-12-18(22(27)28)14-24(13-15,23(29)30)19-6-3-16(4-7-19)2-5-17-8-10-25-21-20(17)9-11-26-21/h3-4,6-13H,14H2,1H3,(H,25,26)(H,27,28)(H,29,30). The van der Waals surface area contributed by atoms with Crippen LogP contribution < -0.4 is 0 Å². The van der Waals surface area contributed by atoms with Gasteiger partial charge in [0.25, 0.3) is 0 Å². The minimum Gasteiger partial charge on any atom is -0.480 e. The number of hydrogen-bond acceptors (Lipinski definition) is 3. The second kappa shape index (κ2) is 7.37. The van der Waals surface area contributed by atoms with Crippen molar-refractivity contribution in [2.45, 2.75) is 18.8 Å². The lowest BCUT2D eigenvalue weighted by atomic mass is 9.71. The van der Waals surface area contributed by atoms with Gasteiger partial charge in [-0.15, -0.1) is 0 Å². The predicted molar refractivity (Wildman–Crippen MR) is 112 cm³/mol. The maximum atomic E-state index is 12.2. The van der Waals surface area contributed by atoms with Crippen LogP contribution in [0.25, 0.3) is 11.0 Å². The number of allylic oxidation sites excluding steroid dienone is 2. The van der Waals surface area contributed by atoms with Gasteiger partial charge in [-0.3, -0.25) is 4.79 Å². The van der Waals surface area contributed by atoms with Crippen LogP contribution in [-0.4, -0.2) is 32.1 Å². The average molecular weight is 398 g/mol. The molecule has 0 radical (unpaired) electrons. The molecule has 0 fully saturated rings. The third kappa shape index (κ3) is 3.38. The Morgan fingerprint density at radius 3 is 2.57 bits per heavy atom. The predicted octanol–water partition coefficient (Wildman–Crippen LogP) is 3.65. The van der Waals surface area contributed by atoms with Crippen LogP contribution in [0.1, 0.15) is 30.0 Å². The molecule has 0 bridgehead atoms. The van der Waals surface area contributed by atoms with E-state index in [1.165, 1.54) is 6.08 Å². The van der Waals surface area contributed by atoms with Crippen molar-refractivity contribution in [2.24, 2.45) is 0 Å². The molecule has 1 aliphatic rings. The molecule has 2 heterocycles. The van der Waals surface area contributed by atoms with Gasteiger partial charge < -0.3 is 15.2 Å². The molecular formula is C24H18N2O4. The molecule has 0 amide bonds. The van der Waals surface area contributed by atoms with E-state index in [0.717, 1.165) is 22.2 Å². The summed E-state index contributed by atoms with van der Waals surface area (Å²) in [6, 6.07) is 10.7. The summed E-state index contributed by atoms with van der Waals surface area (Å²) >= 11 is 0. The third-order valence-corrected chi connectivity index (χ3v) is 5.20. The number of nitrogens with zero attached hydrogens (tertiary/aromatic N) is 1. The Bertz CT molecular complexity index is 1290. The maximum absolute atomic E-state index is 12.2. The van der Waals surface area contributed by atoms with E-state index in [4.69, 9.17) is 0 Å². The van der Waals surface area contributed by atoms with E-state index in [9.17, 15) is 19.8 Å². The number of fused-ring (bicyclic) bond motifs is 1. The summed E-state index contributed by atoms with van der Waals surface area (Å²) in [5.74, 6) is 4.02. The number of hydrogen-bond donors (Lipinski definition) is 3. The highest BCUT2D eigenvalue weighted by atomic mass is 16.4. The van der Waals surface area contributed by atoms with Crippen LogP contribution in [0.3, 0.4) is 0 Å². The molecule has 0 saturated carbocycles. The number of carbonyl (C=O) groups is 2. The van der Waals surface area contributed by atoms with Crippen molar-refractivity contribution in [1.29, 1.82) is 0 Å². The summed E-state index contributed by atoms with van der Waals surface area (Å²) in [4.78, 5) is 30.9. The molecule has 4 rings (SSSR count). The van der Waals surface area contributed by atoms with Crippen LogP contribution in [0, 0.1) is 11.8 Å². The lowest BCUT2D eigenvalue weighted by Gasteiger charge is -2.30. The van der Waals surface area contributed by atoms with Crippen LogP contribution in [0.5, 0.6) is 0 Å². The molecule has 3 aromatic rings. The molecule has 0 spiro atoms. The Balaban J connectivity index is 1.68. The number of carboxylic acids is 2. The number of nitrogens with one attached hydrogen (secondary N) is 1. The van der Waals surface area contributed by atoms with Crippen molar-refractivity contribution in [2.75, 3.05) is 0 Å². The zero-order chi connectivity index (χ0) is 21.3. The van der Waals surface area contributed by atoms with E-state index in [2.05, 4.69) is 21.8 Å². The first-order valence-electron chi connectivity index (χ1n) is 9.30. The number of pyridine rings is 1. The Morgan fingerprint density at radius 1 is 1.10 bits per heavy atom. The molecule has 0 saturated heterocycles. The number of aromatic amines is 1.